The molecule has 10 heteroatoms. The summed E-state index contributed by atoms with van der Waals surface area (Å²) >= 11 is 0. The van der Waals surface area contributed by atoms with Gasteiger partial charge in [0.05, 0.1) is 7.11 Å². The highest BCUT2D eigenvalue weighted by Gasteiger charge is 2.36. The fourth-order valence-electron chi connectivity index (χ4n) is 1.87. The van der Waals surface area contributed by atoms with Gasteiger partial charge in [0, 0.05) is 19.3 Å². The second-order valence-electron chi connectivity index (χ2n) is 6.31. The Morgan fingerprint density at radius 3 is 2.20 bits per heavy atom. The Bertz CT molecular complexity index is 550. The van der Waals surface area contributed by atoms with Crippen molar-refractivity contribution in [2.75, 3.05) is 7.11 Å². The van der Waals surface area contributed by atoms with Crippen molar-refractivity contribution in [3.05, 3.63) is 0 Å². The van der Waals surface area contributed by atoms with E-state index in [1.165, 1.54) is 7.11 Å². The molecule has 1 aliphatic rings. The molecule has 1 saturated heterocycles. The Balaban J connectivity index is 2.76. The van der Waals surface area contributed by atoms with E-state index in [1.807, 2.05) is 0 Å². The van der Waals surface area contributed by atoms with E-state index in [0.717, 1.165) is 0 Å². The average Bonchev–Trinajstić information content (AvgIpc) is 2.80. The van der Waals surface area contributed by atoms with E-state index in [1.54, 1.807) is 20.8 Å². The number of ether oxygens (including phenoxy) is 2. The minimum absolute atomic E-state index is 0.0571. The molecule has 1 atom stereocenters. The Labute approximate surface area is 144 Å². The van der Waals surface area contributed by atoms with Gasteiger partial charge in [-0.05, 0) is 27.2 Å². The van der Waals surface area contributed by atoms with Crippen LogP contribution in [-0.2, 0) is 33.5 Å². The smallest absolute Gasteiger partial charge is 0.408 e. The van der Waals surface area contributed by atoms with E-state index in [9.17, 15) is 24.0 Å². The number of amides is 3. The second-order valence-corrected chi connectivity index (χ2v) is 6.31. The fourth-order valence-corrected chi connectivity index (χ4v) is 1.87. The van der Waals surface area contributed by atoms with Crippen LogP contribution >= 0.6 is 0 Å². The Morgan fingerprint density at radius 2 is 1.72 bits per heavy atom. The first-order valence-electron chi connectivity index (χ1n) is 7.67. The van der Waals surface area contributed by atoms with Gasteiger partial charge in [0.2, 0.25) is 0 Å². The number of imide groups is 1. The summed E-state index contributed by atoms with van der Waals surface area (Å²) in [6, 6.07) is -1.30. The van der Waals surface area contributed by atoms with Crippen LogP contribution in [0.4, 0.5) is 4.79 Å². The predicted octanol–water partition coefficient (Wildman–Crippen LogP) is 0.440. The number of alkyl carbamates (subject to hydrolysis) is 1. The van der Waals surface area contributed by atoms with Gasteiger partial charge < -0.3 is 19.6 Å². The third kappa shape index (κ3) is 6.77. The summed E-state index contributed by atoms with van der Waals surface area (Å²) in [6.45, 7) is 4.90. The molecule has 0 bridgehead atoms. The summed E-state index contributed by atoms with van der Waals surface area (Å²) in [4.78, 5) is 63.1. The fraction of sp³-hybridized carbons (Fsp3) is 0.667. The predicted molar refractivity (Wildman–Crippen MR) is 81.6 cm³/mol. The maximum Gasteiger partial charge on any atom is 0.408 e. The number of nitrogens with zero attached hydrogens (tertiary/aromatic N) is 1. The summed E-state index contributed by atoms with van der Waals surface area (Å²) in [7, 11) is 1.18. The van der Waals surface area contributed by atoms with Crippen molar-refractivity contribution in [1.82, 2.24) is 10.4 Å². The lowest BCUT2D eigenvalue weighted by Crippen LogP contribution is -2.47. The summed E-state index contributed by atoms with van der Waals surface area (Å²) < 4.78 is 9.52. The van der Waals surface area contributed by atoms with Crippen LogP contribution in [0.5, 0.6) is 0 Å². The lowest BCUT2D eigenvalue weighted by Gasteiger charge is -2.23. The molecule has 1 fully saturated rings. The van der Waals surface area contributed by atoms with Crippen LogP contribution in [0.1, 0.15) is 46.5 Å². The van der Waals surface area contributed by atoms with Crippen molar-refractivity contribution in [2.24, 2.45) is 0 Å². The Kier molecular flexibility index (Phi) is 6.89. The van der Waals surface area contributed by atoms with E-state index in [2.05, 4.69) is 10.1 Å². The molecule has 1 rings (SSSR count). The lowest BCUT2D eigenvalue weighted by molar-refractivity contribution is -0.199. The Morgan fingerprint density at radius 1 is 1.16 bits per heavy atom. The van der Waals surface area contributed by atoms with Gasteiger partial charge in [-0.15, -0.1) is 5.06 Å². The van der Waals surface area contributed by atoms with Crippen LogP contribution in [-0.4, -0.2) is 53.7 Å². The summed E-state index contributed by atoms with van der Waals surface area (Å²) in [5.74, 6) is -2.96. The maximum atomic E-state index is 12.2. The SMILES string of the molecule is COC(=O)CC[C@H](NC(=O)OC(C)(C)C)C(=O)ON1C(=O)CCC1=O. The van der Waals surface area contributed by atoms with Crippen molar-refractivity contribution in [1.29, 1.82) is 0 Å². The van der Waals surface area contributed by atoms with Gasteiger partial charge in [-0.3, -0.25) is 14.4 Å². The normalized spacial score (nSPS) is 15.6. The molecule has 0 saturated carbocycles. The topological polar surface area (TPSA) is 128 Å². The number of nitrogens with one attached hydrogen (secondary N) is 1. The molecule has 0 aromatic heterocycles. The first-order chi connectivity index (χ1) is 11.5. The minimum atomic E-state index is -1.30. The maximum absolute atomic E-state index is 12.2. The molecular formula is C15H22N2O8. The second kappa shape index (κ2) is 8.45. The van der Waals surface area contributed by atoms with Crippen LogP contribution in [0, 0.1) is 0 Å². The van der Waals surface area contributed by atoms with E-state index < -0.39 is 41.5 Å². The third-order valence-corrected chi connectivity index (χ3v) is 3.03. The van der Waals surface area contributed by atoms with Crippen molar-refractivity contribution < 1.29 is 38.3 Å². The van der Waals surface area contributed by atoms with Crippen LogP contribution in [0.2, 0.25) is 0 Å². The zero-order valence-corrected chi connectivity index (χ0v) is 14.6. The molecule has 0 radical (unpaired) electrons. The number of hydrogen-bond acceptors (Lipinski definition) is 8. The summed E-state index contributed by atoms with van der Waals surface area (Å²) in [6.07, 6.45) is -1.36. The molecule has 0 spiro atoms. The van der Waals surface area contributed by atoms with Gasteiger partial charge in [0.1, 0.15) is 11.6 Å². The number of rotatable bonds is 6. The number of hydroxylamine groups is 2. The Hall–Kier alpha value is -2.65. The molecule has 1 aliphatic heterocycles. The quantitative estimate of drug-likeness (QED) is 0.535. The van der Waals surface area contributed by atoms with Crippen LogP contribution < -0.4 is 5.32 Å². The van der Waals surface area contributed by atoms with Gasteiger partial charge >= 0.3 is 18.0 Å². The van der Waals surface area contributed by atoms with Gasteiger partial charge in [-0.2, -0.15) is 0 Å². The third-order valence-electron chi connectivity index (χ3n) is 3.03. The number of carbonyl (C=O) groups excluding carboxylic acids is 5. The lowest BCUT2D eigenvalue weighted by atomic mass is 10.1. The zero-order chi connectivity index (χ0) is 19.2. The van der Waals surface area contributed by atoms with Crippen molar-refractivity contribution in [3.63, 3.8) is 0 Å². The monoisotopic (exact) mass is 358 g/mol. The first kappa shape index (κ1) is 20.4. The molecule has 0 aromatic rings. The molecule has 0 aliphatic carbocycles. The van der Waals surface area contributed by atoms with Gasteiger partial charge in [-0.1, -0.05) is 0 Å². The van der Waals surface area contributed by atoms with E-state index in [-0.39, 0.29) is 25.7 Å². The molecule has 10 nitrogen and oxygen atoms in total. The van der Waals surface area contributed by atoms with Crippen molar-refractivity contribution >= 4 is 29.8 Å². The minimum Gasteiger partial charge on any atom is -0.469 e. The van der Waals surface area contributed by atoms with Gasteiger partial charge in [-0.25, -0.2) is 9.59 Å². The standard InChI is InChI=1S/C15H22N2O8/c1-15(2,3)24-14(22)16-9(5-8-12(20)23-4)13(21)25-17-10(18)6-7-11(17)19/h9H,5-8H2,1-4H3,(H,16,22)/t9-/m0/s1. The first-order valence-corrected chi connectivity index (χ1v) is 7.67. The number of methoxy groups -OCH3 is 1. The highest BCUT2D eigenvalue weighted by atomic mass is 16.7. The largest absolute Gasteiger partial charge is 0.469 e. The van der Waals surface area contributed by atoms with E-state index in [4.69, 9.17) is 9.57 Å². The molecular weight excluding hydrogens is 336 g/mol. The highest BCUT2D eigenvalue weighted by molar-refractivity contribution is 6.01. The van der Waals surface area contributed by atoms with E-state index >= 15 is 0 Å². The van der Waals surface area contributed by atoms with Crippen LogP contribution in [0.15, 0.2) is 0 Å². The van der Waals surface area contributed by atoms with Crippen molar-refractivity contribution in [3.8, 4) is 0 Å². The number of esters is 1. The van der Waals surface area contributed by atoms with Crippen molar-refractivity contribution in [2.45, 2.75) is 58.1 Å². The molecule has 25 heavy (non-hydrogen) atoms. The molecule has 3 amide bonds. The van der Waals surface area contributed by atoms with E-state index in [0.29, 0.717) is 5.06 Å². The summed E-state index contributed by atoms with van der Waals surface area (Å²) in [5, 5.41) is 2.63. The highest BCUT2D eigenvalue weighted by Crippen LogP contribution is 2.14. The molecule has 1 heterocycles. The number of hydrogen-bond donors (Lipinski definition) is 1. The zero-order valence-electron chi connectivity index (χ0n) is 14.6. The molecule has 1 N–H and O–H groups in total. The van der Waals surface area contributed by atoms with Crippen LogP contribution in [0.25, 0.3) is 0 Å². The average molecular weight is 358 g/mol. The molecule has 140 valence electrons. The summed E-state index contributed by atoms with van der Waals surface area (Å²) in [5.41, 5.74) is -0.804. The molecule has 0 aromatic carbocycles. The van der Waals surface area contributed by atoms with Crippen LogP contribution in [0.3, 0.4) is 0 Å². The number of carbonyl (C=O) groups is 5. The van der Waals surface area contributed by atoms with Gasteiger partial charge in [0.15, 0.2) is 0 Å². The van der Waals surface area contributed by atoms with Gasteiger partial charge in [0.25, 0.3) is 11.8 Å². The molecule has 0 unspecified atom stereocenters.